The second-order valence-corrected chi connectivity index (χ2v) is 9.34. The monoisotopic (exact) mass is 490 g/mol. The van der Waals surface area contributed by atoms with Crippen molar-refractivity contribution in [3.63, 3.8) is 0 Å². The number of hydrogen-bond acceptors (Lipinski definition) is 8. The molecule has 1 saturated heterocycles. The molecule has 0 aliphatic carbocycles. The fourth-order valence-electron chi connectivity index (χ4n) is 4.41. The SMILES string of the molecule is CCOC(=O)[C@H]1CCCN(c2nc(-c3csc4ccccc34)ccc2C(=O)NCc2ccon2)C1. The zero-order valence-corrected chi connectivity index (χ0v) is 20.2. The Morgan fingerprint density at radius 1 is 1.23 bits per heavy atom. The maximum atomic E-state index is 13.2. The first-order valence-corrected chi connectivity index (χ1v) is 12.6. The van der Waals surface area contributed by atoms with Gasteiger partial charge in [0, 0.05) is 40.2 Å². The number of nitrogens with zero attached hydrogens (tertiary/aromatic N) is 3. The molecule has 0 unspecified atom stereocenters. The first kappa shape index (κ1) is 23.0. The number of pyridine rings is 1. The zero-order valence-electron chi connectivity index (χ0n) is 19.4. The number of rotatable bonds is 7. The van der Waals surface area contributed by atoms with Gasteiger partial charge in [0.2, 0.25) is 0 Å². The molecule has 1 N–H and O–H groups in total. The molecule has 1 aliphatic heterocycles. The van der Waals surface area contributed by atoms with Crippen LogP contribution in [0.3, 0.4) is 0 Å². The average molecular weight is 491 g/mol. The van der Waals surface area contributed by atoms with Crippen LogP contribution in [0.4, 0.5) is 5.82 Å². The highest BCUT2D eigenvalue weighted by molar-refractivity contribution is 7.17. The first-order valence-electron chi connectivity index (χ1n) is 11.7. The number of anilines is 1. The number of carbonyl (C=O) groups excluding carboxylic acids is 2. The molecule has 180 valence electrons. The number of piperidine rings is 1. The summed E-state index contributed by atoms with van der Waals surface area (Å²) in [7, 11) is 0. The van der Waals surface area contributed by atoms with E-state index in [0.29, 0.717) is 36.8 Å². The Labute approximate surface area is 206 Å². The van der Waals surface area contributed by atoms with Crippen LogP contribution >= 0.6 is 11.3 Å². The number of fused-ring (bicyclic) bond motifs is 1. The molecular formula is C26H26N4O4S. The topological polar surface area (TPSA) is 97.6 Å². The summed E-state index contributed by atoms with van der Waals surface area (Å²) in [6, 6.07) is 13.6. The number of hydrogen-bond donors (Lipinski definition) is 1. The Balaban J connectivity index is 1.50. The fraction of sp³-hybridized carbons (Fsp3) is 0.308. The third-order valence-electron chi connectivity index (χ3n) is 6.14. The lowest BCUT2D eigenvalue weighted by atomic mass is 9.97. The van der Waals surface area contributed by atoms with Crippen molar-refractivity contribution in [3.8, 4) is 11.3 Å². The third kappa shape index (κ3) is 4.90. The van der Waals surface area contributed by atoms with Gasteiger partial charge in [-0.3, -0.25) is 9.59 Å². The number of aromatic nitrogens is 2. The maximum absolute atomic E-state index is 13.2. The highest BCUT2D eigenvalue weighted by atomic mass is 32.1. The largest absolute Gasteiger partial charge is 0.466 e. The molecule has 9 heteroatoms. The van der Waals surface area contributed by atoms with Gasteiger partial charge in [-0.15, -0.1) is 11.3 Å². The van der Waals surface area contributed by atoms with Crippen LogP contribution in [-0.2, 0) is 16.1 Å². The van der Waals surface area contributed by atoms with Crippen molar-refractivity contribution >= 4 is 39.1 Å². The molecule has 35 heavy (non-hydrogen) atoms. The van der Waals surface area contributed by atoms with E-state index in [4.69, 9.17) is 14.2 Å². The van der Waals surface area contributed by atoms with E-state index in [1.165, 1.54) is 11.0 Å². The molecule has 4 heterocycles. The third-order valence-corrected chi connectivity index (χ3v) is 7.10. The summed E-state index contributed by atoms with van der Waals surface area (Å²) in [5.74, 6) is -0.128. The van der Waals surface area contributed by atoms with Crippen molar-refractivity contribution in [2.24, 2.45) is 5.92 Å². The van der Waals surface area contributed by atoms with Crippen LogP contribution < -0.4 is 10.2 Å². The van der Waals surface area contributed by atoms with Crippen LogP contribution in [0, 0.1) is 5.92 Å². The van der Waals surface area contributed by atoms with E-state index in [-0.39, 0.29) is 24.3 Å². The van der Waals surface area contributed by atoms with Crippen LogP contribution in [-0.4, -0.2) is 41.7 Å². The average Bonchev–Trinajstić information content (AvgIpc) is 3.57. The Kier molecular flexibility index (Phi) is 6.76. The molecule has 0 radical (unpaired) electrons. The quantitative estimate of drug-likeness (QED) is 0.376. The predicted molar refractivity (Wildman–Crippen MR) is 134 cm³/mol. The lowest BCUT2D eigenvalue weighted by molar-refractivity contribution is -0.148. The normalized spacial score (nSPS) is 15.8. The fourth-order valence-corrected chi connectivity index (χ4v) is 5.36. The van der Waals surface area contributed by atoms with Crippen LogP contribution in [0.2, 0.25) is 0 Å². The van der Waals surface area contributed by atoms with E-state index in [1.807, 2.05) is 36.1 Å². The smallest absolute Gasteiger partial charge is 0.310 e. The molecular weight excluding hydrogens is 464 g/mol. The van der Waals surface area contributed by atoms with E-state index in [1.54, 1.807) is 17.4 Å². The van der Waals surface area contributed by atoms with Crippen molar-refractivity contribution in [2.75, 3.05) is 24.6 Å². The molecule has 0 spiro atoms. The van der Waals surface area contributed by atoms with E-state index < -0.39 is 0 Å². The summed E-state index contributed by atoms with van der Waals surface area (Å²) in [6.45, 7) is 3.58. The van der Waals surface area contributed by atoms with Gasteiger partial charge in [-0.1, -0.05) is 23.4 Å². The van der Waals surface area contributed by atoms with E-state index in [0.717, 1.165) is 29.5 Å². The first-order chi connectivity index (χ1) is 17.1. The summed E-state index contributed by atoms with van der Waals surface area (Å²) in [6.07, 6.45) is 3.05. The van der Waals surface area contributed by atoms with Gasteiger partial charge in [-0.05, 0) is 38.0 Å². The summed E-state index contributed by atoms with van der Waals surface area (Å²) >= 11 is 1.67. The Bertz CT molecular complexity index is 1330. The number of benzene rings is 1. The van der Waals surface area contributed by atoms with Crippen molar-refractivity contribution < 1.29 is 18.8 Å². The second kappa shape index (κ2) is 10.3. The molecule has 8 nitrogen and oxygen atoms in total. The lowest BCUT2D eigenvalue weighted by Gasteiger charge is -2.33. The highest BCUT2D eigenvalue weighted by Crippen LogP contribution is 2.35. The predicted octanol–water partition coefficient (Wildman–Crippen LogP) is 4.66. The Hall–Kier alpha value is -3.72. The summed E-state index contributed by atoms with van der Waals surface area (Å²) in [5, 5.41) is 9.98. The van der Waals surface area contributed by atoms with Crippen LogP contribution in [0.5, 0.6) is 0 Å². The minimum atomic E-state index is -0.254. The van der Waals surface area contributed by atoms with Crippen molar-refractivity contribution in [2.45, 2.75) is 26.3 Å². The van der Waals surface area contributed by atoms with Gasteiger partial charge >= 0.3 is 5.97 Å². The summed E-state index contributed by atoms with van der Waals surface area (Å²) < 4.78 is 11.3. The van der Waals surface area contributed by atoms with Gasteiger partial charge in [0.05, 0.1) is 30.3 Å². The molecule has 0 bridgehead atoms. The number of nitrogens with one attached hydrogen (secondary N) is 1. The van der Waals surface area contributed by atoms with E-state index in [2.05, 4.69) is 28.0 Å². The molecule has 1 atom stereocenters. The zero-order chi connectivity index (χ0) is 24.2. The number of thiophene rings is 1. The molecule has 3 aromatic heterocycles. The van der Waals surface area contributed by atoms with Gasteiger partial charge in [0.15, 0.2) is 0 Å². The summed E-state index contributed by atoms with van der Waals surface area (Å²) in [4.78, 5) is 32.7. The van der Waals surface area contributed by atoms with Gasteiger partial charge in [0.1, 0.15) is 17.8 Å². The molecule has 0 saturated carbocycles. The molecule has 1 amide bonds. The van der Waals surface area contributed by atoms with Gasteiger partial charge in [0.25, 0.3) is 5.91 Å². The molecule has 1 fully saturated rings. The number of ether oxygens (including phenoxy) is 1. The van der Waals surface area contributed by atoms with E-state index in [9.17, 15) is 9.59 Å². The maximum Gasteiger partial charge on any atom is 0.310 e. The highest BCUT2D eigenvalue weighted by Gasteiger charge is 2.30. The number of amides is 1. The van der Waals surface area contributed by atoms with Crippen molar-refractivity contribution in [3.05, 3.63) is 65.4 Å². The minimum absolute atomic E-state index is 0.200. The van der Waals surface area contributed by atoms with Gasteiger partial charge in [-0.2, -0.15) is 0 Å². The minimum Gasteiger partial charge on any atom is -0.466 e. The standard InChI is InChI=1S/C26H26N4O4S/c1-2-33-26(32)17-6-5-12-30(15-17)24-20(25(31)27-14-18-11-13-34-29-18)9-10-22(28-24)21-16-35-23-8-4-3-7-19(21)23/h3-4,7-11,13,16-17H,2,5-6,12,14-15H2,1H3,(H,27,31)/t17-/m0/s1. The molecule has 1 aliphatic rings. The summed E-state index contributed by atoms with van der Waals surface area (Å²) in [5.41, 5.74) is 2.92. The number of carbonyl (C=O) groups is 2. The van der Waals surface area contributed by atoms with Crippen molar-refractivity contribution in [1.82, 2.24) is 15.5 Å². The van der Waals surface area contributed by atoms with Crippen LogP contribution in [0.1, 0.15) is 35.8 Å². The number of esters is 1. The lowest BCUT2D eigenvalue weighted by Crippen LogP contribution is -2.41. The Morgan fingerprint density at radius 3 is 2.94 bits per heavy atom. The molecule has 1 aromatic carbocycles. The van der Waals surface area contributed by atoms with Crippen LogP contribution in [0.15, 0.2) is 58.6 Å². The van der Waals surface area contributed by atoms with Crippen LogP contribution in [0.25, 0.3) is 21.3 Å². The molecule has 5 rings (SSSR count). The second-order valence-electron chi connectivity index (χ2n) is 8.42. The van der Waals surface area contributed by atoms with E-state index >= 15 is 0 Å². The molecule has 4 aromatic rings. The Morgan fingerprint density at radius 2 is 2.11 bits per heavy atom. The van der Waals surface area contributed by atoms with Gasteiger partial charge < -0.3 is 19.5 Å². The van der Waals surface area contributed by atoms with Gasteiger partial charge in [-0.25, -0.2) is 4.98 Å². The van der Waals surface area contributed by atoms with Crippen molar-refractivity contribution in [1.29, 1.82) is 0 Å².